The van der Waals surface area contributed by atoms with E-state index in [2.05, 4.69) is 39.0 Å². The van der Waals surface area contributed by atoms with Gasteiger partial charge >= 0.3 is 0 Å². The lowest BCUT2D eigenvalue weighted by molar-refractivity contribution is -0.111. The Bertz CT molecular complexity index is 286. The number of unbranched alkanes of at least 4 members (excludes halogenated alkanes) is 4. The summed E-state index contributed by atoms with van der Waals surface area (Å²) in [6.07, 6.45) is 7.98. The van der Waals surface area contributed by atoms with Crippen molar-refractivity contribution in [1.29, 1.82) is 0 Å². The Morgan fingerprint density at radius 1 is 1.09 bits per heavy atom. The molecule has 0 heterocycles. The third-order valence-corrected chi connectivity index (χ3v) is 7.26. The minimum absolute atomic E-state index is 0.379. The van der Waals surface area contributed by atoms with Gasteiger partial charge < -0.3 is 9.33 Å². The molecule has 0 rings (SSSR count). The maximum absolute atomic E-state index is 11.8. The number of hydrogen-bond acceptors (Lipinski definition) is 4. The fourth-order valence-corrected chi connectivity index (χ4v) is 5.08. The topological polar surface area (TPSA) is 29.5 Å². The van der Waals surface area contributed by atoms with Crippen molar-refractivity contribution in [2.45, 2.75) is 71.0 Å². The molecule has 0 atom stereocenters. The molecule has 0 unspecified atom stereocenters. The molecule has 132 valence electrons. The smallest absolute Gasteiger partial charge is 0.188 e. The summed E-state index contributed by atoms with van der Waals surface area (Å²) in [5.41, 5.74) is 0. The summed E-state index contributed by atoms with van der Waals surface area (Å²) < 4.78 is 6.05. The summed E-state index contributed by atoms with van der Waals surface area (Å²) >= 11 is 1.53. The van der Waals surface area contributed by atoms with Gasteiger partial charge in [-0.3, -0.25) is 4.79 Å². The monoisotopic (exact) mass is 347 g/mol. The third-order valence-electron chi connectivity index (χ3n) is 3.70. The molecule has 0 saturated heterocycles. The predicted octanol–water partition coefficient (Wildman–Crippen LogP) is 4.78. The van der Waals surface area contributed by atoms with Crippen molar-refractivity contribution in [2.75, 3.05) is 33.0 Å². The van der Waals surface area contributed by atoms with Crippen LogP contribution in [0.5, 0.6) is 0 Å². The maximum Gasteiger partial charge on any atom is 0.188 e. The van der Waals surface area contributed by atoms with E-state index < -0.39 is 8.32 Å². The molecule has 0 aliphatic heterocycles. The molecule has 0 aromatic heterocycles. The van der Waals surface area contributed by atoms with Crippen LogP contribution >= 0.6 is 11.8 Å². The molecule has 0 bridgehead atoms. The van der Waals surface area contributed by atoms with Gasteiger partial charge in [-0.15, -0.1) is 0 Å². The summed E-state index contributed by atoms with van der Waals surface area (Å²) in [5.74, 6) is 0.960. The Morgan fingerprint density at radius 3 is 2.41 bits per heavy atom. The van der Waals surface area contributed by atoms with Gasteiger partial charge in [-0.1, -0.05) is 44.4 Å². The highest BCUT2D eigenvalue weighted by atomic mass is 32.2. The Labute approximate surface area is 143 Å². The van der Waals surface area contributed by atoms with Crippen molar-refractivity contribution >= 4 is 25.2 Å². The Morgan fingerprint density at radius 2 is 1.77 bits per heavy atom. The number of thioether (sulfide) groups is 1. The molecule has 0 aromatic carbocycles. The first kappa shape index (κ1) is 22.2. The minimum Gasteiger partial charge on any atom is -0.416 e. The second kappa shape index (κ2) is 13.6. The average molecular weight is 348 g/mol. The van der Waals surface area contributed by atoms with Gasteiger partial charge in [-0.2, -0.15) is 0 Å². The number of hydrogen-bond donors (Lipinski definition) is 0. The summed E-state index contributed by atoms with van der Waals surface area (Å²) in [6, 6.07) is 1.15. The lowest BCUT2D eigenvalue weighted by Crippen LogP contribution is -2.33. The first-order valence-electron chi connectivity index (χ1n) is 8.81. The van der Waals surface area contributed by atoms with Crippen LogP contribution in [0.15, 0.2) is 0 Å². The average Bonchev–Trinajstić information content (AvgIpc) is 2.43. The number of rotatable bonds is 14. The van der Waals surface area contributed by atoms with Crippen molar-refractivity contribution in [2.24, 2.45) is 0 Å². The van der Waals surface area contributed by atoms with E-state index in [1.54, 1.807) is 0 Å². The molecule has 0 saturated carbocycles. The molecular formula is C17H37NO2SSi. The van der Waals surface area contributed by atoms with Crippen LogP contribution in [0.1, 0.15) is 51.9 Å². The first-order valence-corrected chi connectivity index (χ1v) is 12.9. The largest absolute Gasteiger partial charge is 0.416 e. The summed E-state index contributed by atoms with van der Waals surface area (Å²) in [6.45, 7) is 8.60. The summed E-state index contributed by atoms with van der Waals surface area (Å²) in [5, 5.41) is 0.379. The van der Waals surface area contributed by atoms with E-state index in [9.17, 15) is 4.79 Å². The standard InChI is InChI=1S/C17H37NO2SSi/c1-6-7-8-9-10-12-17(19)21-15-11-16-22(4,5)20-14-13-18(2)3/h6-16H2,1-5H3. The zero-order valence-electron chi connectivity index (χ0n) is 15.5. The second-order valence-electron chi connectivity index (χ2n) is 6.90. The fourth-order valence-electron chi connectivity index (χ4n) is 2.21. The van der Waals surface area contributed by atoms with Crippen LogP contribution in [-0.4, -0.2) is 51.3 Å². The highest BCUT2D eigenvalue weighted by Gasteiger charge is 2.21. The molecule has 0 aliphatic carbocycles. The Kier molecular flexibility index (Phi) is 13.7. The number of carbonyl (C=O) groups is 1. The van der Waals surface area contributed by atoms with Crippen LogP contribution in [0, 0.1) is 0 Å². The van der Waals surface area contributed by atoms with Crippen molar-refractivity contribution in [3.05, 3.63) is 0 Å². The minimum atomic E-state index is -1.53. The van der Waals surface area contributed by atoms with Crippen LogP contribution < -0.4 is 0 Å². The predicted molar refractivity (Wildman–Crippen MR) is 102 cm³/mol. The molecular weight excluding hydrogens is 310 g/mol. The zero-order valence-corrected chi connectivity index (χ0v) is 17.3. The van der Waals surface area contributed by atoms with Crippen molar-refractivity contribution < 1.29 is 9.22 Å². The van der Waals surface area contributed by atoms with Crippen LogP contribution in [0.2, 0.25) is 19.1 Å². The first-order chi connectivity index (χ1) is 10.4. The molecule has 0 spiro atoms. The molecule has 22 heavy (non-hydrogen) atoms. The second-order valence-corrected chi connectivity index (χ2v) is 12.4. The van der Waals surface area contributed by atoms with E-state index in [0.29, 0.717) is 5.12 Å². The molecule has 0 fully saturated rings. The Balaban J connectivity index is 3.54. The molecule has 0 aliphatic rings. The summed E-state index contributed by atoms with van der Waals surface area (Å²) in [4.78, 5) is 13.9. The van der Waals surface area contributed by atoms with Gasteiger partial charge in [0, 0.05) is 25.3 Å². The Hall–Kier alpha value is 0.157. The van der Waals surface area contributed by atoms with E-state index in [0.717, 1.165) is 44.2 Å². The van der Waals surface area contributed by atoms with Gasteiger partial charge in [0.15, 0.2) is 13.4 Å². The maximum atomic E-state index is 11.8. The molecule has 3 nitrogen and oxygen atoms in total. The van der Waals surface area contributed by atoms with Gasteiger partial charge in [0.2, 0.25) is 0 Å². The highest BCUT2D eigenvalue weighted by Crippen LogP contribution is 2.18. The highest BCUT2D eigenvalue weighted by molar-refractivity contribution is 8.13. The van der Waals surface area contributed by atoms with Gasteiger partial charge in [-0.25, -0.2) is 0 Å². The van der Waals surface area contributed by atoms with Crippen LogP contribution in [0.4, 0.5) is 0 Å². The molecule has 0 aromatic rings. The van der Waals surface area contributed by atoms with Gasteiger partial charge in [0.25, 0.3) is 0 Å². The van der Waals surface area contributed by atoms with Gasteiger partial charge in [0.1, 0.15) is 0 Å². The lowest BCUT2D eigenvalue weighted by atomic mass is 10.1. The van der Waals surface area contributed by atoms with Crippen molar-refractivity contribution in [1.82, 2.24) is 4.90 Å². The van der Waals surface area contributed by atoms with Crippen LogP contribution in [-0.2, 0) is 9.22 Å². The third kappa shape index (κ3) is 15.1. The van der Waals surface area contributed by atoms with Gasteiger partial charge in [-0.05, 0) is 46.1 Å². The lowest BCUT2D eigenvalue weighted by Gasteiger charge is -2.23. The molecule has 0 N–H and O–H groups in total. The van der Waals surface area contributed by atoms with Crippen molar-refractivity contribution in [3.63, 3.8) is 0 Å². The fraction of sp³-hybridized carbons (Fsp3) is 0.941. The molecule has 5 heteroatoms. The van der Waals surface area contributed by atoms with Gasteiger partial charge in [0.05, 0.1) is 0 Å². The SMILES string of the molecule is CCCCCCCC(=O)SCCC[Si](C)(C)OCCN(C)C. The number of nitrogens with zero attached hydrogens (tertiary/aromatic N) is 1. The molecule has 0 radical (unpaired) electrons. The zero-order chi connectivity index (χ0) is 16.8. The van der Waals surface area contributed by atoms with E-state index in [1.807, 2.05) is 0 Å². The quantitative estimate of drug-likeness (QED) is 0.334. The number of carbonyl (C=O) groups excluding carboxylic acids is 1. The van der Waals surface area contributed by atoms with Crippen molar-refractivity contribution in [3.8, 4) is 0 Å². The van der Waals surface area contributed by atoms with Crippen LogP contribution in [0.3, 0.4) is 0 Å². The normalized spacial score (nSPS) is 12.1. The van der Waals surface area contributed by atoms with Crippen LogP contribution in [0.25, 0.3) is 0 Å². The van der Waals surface area contributed by atoms with E-state index in [4.69, 9.17) is 4.43 Å². The summed E-state index contributed by atoms with van der Waals surface area (Å²) in [7, 11) is 2.61. The molecule has 0 amide bonds. The van der Waals surface area contributed by atoms with E-state index in [1.165, 1.54) is 37.4 Å². The number of likely N-dealkylation sites (N-methyl/N-ethyl adjacent to an activating group) is 1. The van der Waals surface area contributed by atoms with E-state index in [-0.39, 0.29) is 0 Å². The van der Waals surface area contributed by atoms with E-state index >= 15 is 0 Å².